The second kappa shape index (κ2) is 9.50. The van der Waals surface area contributed by atoms with Crippen molar-refractivity contribution in [3.8, 4) is 0 Å². The van der Waals surface area contributed by atoms with Crippen LogP contribution < -0.4 is 10.2 Å². The van der Waals surface area contributed by atoms with E-state index in [1.807, 2.05) is 30.7 Å². The van der Waals surface area contributed by atoms with Gasteiger partial charge in [0.15, 0.2) is 11.8 Å². The number of methoxy groups -OCH3 is 1. The molecule has 3 rings (SSSR count). The molecule has 8 nitrogen and oxygen atoms in total. The highest BCUT2D eigenvalue weighted by Gasteiger charge is 2.20. The maximum atomic E-state index is 13.2. The third-order valence-electron chi connectivity index (χ3n) is 4.91. The minimum Gasteiger partial charge on any atom is -0.383 e. The molecule has 9 heteroatoms. The Morgan fingerprint density at radius 1 is 1.18 bits per heavy atom. The number of piperazine rings is 1. The third kappa shape index (κ3) is 4.98. The Labute approximate surface area is 165 Å². The van der Waals surface area contributed by atoms with Gasteiger partial charge in [-0.1, -0.05) is 0 Å². The molecule has 0 amide bonds. The molecule has 28 heavy (non-hydrogen) atoms. The van der Waals surface area contributed by atoms with Crippen LogP contribution in [0.2, 0.25) is 0 Å². The third-order valence-corrected chi connectivity index (χ3v) is 4.91. The summed E-state index contributed by atoms with van der Waals surface area (Å²) in [6, 6.07) is 6.66. The summed E-state index contributed by atoms with van der Waals surface area (Å²) in [7, 11) is 3.63. The zero-order chi connectivity index (χ0) is 19.9. The van der Waals surface area contributed by atoms with E-state index in [9.17, 15) is 4.39 Å². The minimum atomic E-state index is -0.210. The number of ether oxygens (including phenoxy) is 1. The summed E-state index contributed by atoms with van der Waals surface area (Å²) in [5.41, 5.74) is 1.04. The standard InChI is InChI=1S/C19H28FN7O/c1-15-23-24-18(25(15)2)14-22-19(21-8-13-28-3)27-11-9-26(10-12-27)17-6-4-16(20)5-7-17/h4-7H,8-14H2,1-3H3,(H,21,22). The molecule has 152 valence electrons. The van der Waals surface area contributed by atoms with Crippen LogP contribution in [0.25, 0.3) is 0 Å². The van der Waals surface area contributed by atoms with Crippen molar-refractivity contribution < 1.29 is 9.13 Å². The van der Waals surface area contributed by atoms with Crippen LogP contribution in [0.5, 0.6) is 0 Å². The number of aromatic nitrogens is 3. The van der Waals surface area contributed by atoms with Crippen LogP contribution in [0, 0.1) is 12.7 Å². The van der Waals surface area contributed by atoms with Crippen molar-refractivity contribution in [1.82, 2.24) is 25.0 Å². The van der Waals surface area contributed by atoms with Gasteiger partial charge in [0.2, 0.25) is 0 Å². The molecule has 1 aromatic heterocycles. The topological polar surface area (TPSA) is 70.8 Å². The normalized spacial score (nSPS) is 15.2. The van der Waals surface area contributed by atoms with E-state index in [4.69, 9.17) is 9.73 Å². The molecule has 0 bridgehead atoms. The molecule has 1 aromatic carbocycles. The summed E-state index contributed by atoms with van der Waals surface area (Å²) < 4.78 is 20.2. The maximum Gasteiger partial charge on any atom is 0.194 e. The van der Waals surface area contributed by atoms with Crippen molar-refractivity contribution in [2.24, 2.45) is 12.0 Å². The number of rotatable bonds is 6. The van der Waals surface area contributed by atoms with Gasteiger partial charge in [-0.3, -0.25) is 0 Å². The molecule has 1 aliphatic rings. The van der Waals surface area contributed by atoms with Gasteiger partial charge >= 0.3 is 0 Å². The van der Waals surface area contributed by atoms with E-state index in [-0.39, 0.29) is 5.82 Å². The lowest BCUT2D eigenvalue weighted by molar-refractivity contribution is 0.202. The van der Waals surface area contributed by atoms with Crippen LogP contribution >= 0.6 is 0 Å². The summed E-state index contributed by atoms with van der Waals surface area (Å²) in [4.78, 5) is 9.25. The van der Waals surface area contributed by atoms with Gasteiger partial charge in [-0.15, -0.1) is 10.2 Å². The molecule has 0 unspecified atom stereocenters. The Morgan fingerprint density at radius 3 is 2.50 bits per heavy atom. The molecule has 0 spiro atoms. The van der Waals surface area contributed by atoms with Crippen LogP contribution in [-0.4, -0.2) is 72.1 Å². The first kappa shape index (κ1) is 20.1. The summed E-state index contributed by atoms with van der Waals surface area (Å²) in [5.74, 6) is 2.33. The second-order valence-electron chi connectivity index (χ2n) is 6.73. The summed E-state index contributed by atoms with van der Waals surface area (Å²) in [6.45, 7) is 7.03. The molecular weight excluding hydrogens is 361 g/mol. The minimum absolute atomic E-state index is 0.210. The van der Waals surface area contributed by atoms with E-state index >= 15 is 0 Å². The number of guanidine groups is 1. The number of aryl methyl sites for hydroxylation is 1. The number of hydrogen-bond acceptors (Lipinski definition) is 5. The van der Waals surface area contributed by atoms with Gasteiger partial charge in [0.05, 0.1) is 6.61 Å². The van der Waals surface area contributed by atoms with Crippen LogP contribution in [0.3, 0.4) is 0 Å². The van der Waals surface area contributed by atoms with Gasteiger partial charge in [0.25, 0.3) is 0 Å². The number of hydrogen-bond donors (Lipinski definition) is 1. The monoisotopic (exact) mass is 389 g/mol. The van der Waals surface area contributed by atoms with Crippen LogP contribution in [0.1, 0.15) is 11.6 Å². The van der Waals surface area contributed by atoms with Crippen molar-refractivity contribution in [2.45, 2.75) is 13.5 Å². The molecule has 2 aromatic rings. The van der Waals surface area contributed by atoms with Crippen molar-refractivity contribution in [2.75, 3.05) is 51.3 Å². The number of anilines is 1. The predicted octanol–water partition coefficient (Wildman–Crippen LogP) is 1.18. The number of halogens is 1. The van der Waals surface area contributed by atoms with Gasteiger partial charge in [0, 0.05) is 52.6 Å². The molecule has 1 aliphatic heterocycles. The Bertz CT molecular complexity index is 782. The molecule has 1 N–H and O–H groups in total. The highest BCUT2D eigenvalue weighted by atomic mass is 19.1. The number of benzene rings is 1. The lowest BCUT2D eigenvalue weighted by Crippen LogP contribution is -2.53. The van der Waals surface area contributed by atoms with Gasteiger partial charge in [-0.2, -0.15) is 0 Å². The molecule has 0 aliphatic carbocycles. The van der Waals surface area contributed by atoms with Gasteiger partial charge in [-0.25, -0.2) is 9.38 Å². The van der Waals surface area contributed by atoms with E-state index in [2.05, 4.69) is 25.3 Å². The van der Waals surface area contributed by atoms with E-state index in [0.29, 0.717) is 19.7 Å². The highest BCUT2D eigenvalue weighted by Crippen LogP contribution is 2.17. The first-order valence-electron chi connectivity index (χ1n) is 9.46. The summed E-state index contributed by atoms with van der Waals surface area (Å²) in [5, 5.41) is 11.6. The van der Waals surface area contributed by atoms with E-state index in [1.165, 1.54) is 12.1 Å². The van der Waals surface area contributed by atoms with Gasteiger partial charge < -0.3 is 24.4 Å². The molecule has 2 heterocycles. The Kier molecular flexibility index (Phi) is 6.80. The molecule has 0 saturated carbocycles. The fourth-order valence-electron chi connectivity index (χ4n) is 3.10. The molecule has 0 radical (unpaired) electrons. The van der Waals surface area contributed by atoms with E-state index in [1.54, 1.807) is 7.11 Å². The average molecular weight is 389 g/mol. The lowest BCUT2D eigenvalue weighted by atomic mass is 10.2. The van der Waals surface area contributed by atoms with Crippen molar-refractivity contribution >= 4 is 11.6 Å². The number of aliphatic imine (C=N–C) groups is 1. The molecular formula is C19H28FN7O. The molecule has 1 fully saturated rings. The van der Waals surface area contributed by atoms with Gasteiger partial charge in [-0.05, 0) is 31.2 Å². The Balaban J connectivity index is 1.64. The zero-order valence-electron chi connectivity index (χ0n) is 16.7. The lowest BCUT2D eigenvalue weighted by Gasteiger charge is -2.37. The SMILES string of the molecule is COCCNC(=NCc1nnc(C)n1C)N1CCN(c2ccc(F)cc2)CC1. The van der Waals surface area contributed by atoms with Crippen molar-refractivity contribution in [1.29, 1.82) is 0 Å². The first-order chi connectivity index (χ1) is 13.6. The van der Waals surface area contributed by atoms with E-state index in [0.717, 1.165) is 49.5 Å². The maximum absolute atomic E-state index is 13.2. The number of nitrogens with zero attached hydrogens (tertiary/aromatic N) is 6. The average Bonchev–Trinajstić information content (AvgIpc) is 3.03. The van der Waals surface area contributed by atoms with E-state index < -0.39 is 0 Å². The second-order valence-corrected chi connectivity index (χ2v) is 6.73. The van der Waals surface area contributed by atoms with Crippen LogP contribution in [-0.2, 0) is 18.3 Å². The smallest absolute Gasteiger partial charge is 0.194 e. The van der Waals surface area contributed by atoms with Crippen molar-refractivity contribution in [3.05, 3.63) is 41.7 Å². The largest absolute Gasteiger partial charge is 0.383 e. The van der Waals surface area contributed by atoms with Gasteiger partial charge in [0.1, 0.15) is 18.2 Å². The molecule has 0 atom stereocenters. The van der Waals surface area contributed by atoms with Crippen LogP contribution in [0.4, 0.5) is 10.1 Å². The quantitative estimate of drug-likeness (QED) is 0.455. The Morgan fingerprint density at radius 2 is 1.89 bits per heavy atom. The summed E-state index contributed by atoms with van der Waals surface area (Å²) in [6.07, 6.45) is 0. The van der Waals surface area contributed by atoms with Crippen LogP contribution in [0.15, 0.2) is 29.3 Å². The highest BCUT2D eigenvalue weighted by molar-refractivity contribution is 5.80. The van der Waals surface area contributed by atoms with Crippen molar-refractivity contribution in [3.63, 3.8) is 0 Å². The fourth-order valence-corrected chi connectivity index (χ4v) is 3.10. The summed E-state index contributed by atoms with van der Waals surface area (Å²) >= 11 is 0. The Hall–Kier alpha value is -2.68. The first-order valence-corrected chi connectivity index (χ1v) is 9.46. The fraction of sp³-hybridized carbons (Fsp3) is 0.526. The number of nitrogens with one attached hydrogen (secondary N) is 1. The molecule has 1 saturated heterocycles. The predicted molar refractivity (Wildman–Crippen MR) is 107 cm³/mol. The zero-order valence-corrected chi connectivity index (χ0v) is 16.7.